The second kappa shape index (κ2) is 4.29. The third-order valence-corrected chi connectivity index (χ3v) is 2.77. The molecule has 1 heterocycles. The number of rotatable bonds is 4. The Kier molecular flexibility index (Phi) is 3.43. The fraction of sp³-hybridized carbons (Fsp3) is 0.583. The van der Waals surface area contributed by atoms with Crippen molar-refractivity contribution in [1.82, 2.24) is 4.98 Å². The first-order valence-corrected chi connectivity index (χ1v) is 5.17. The molecule has 0 bridgehead atoms. The third kappa shape index (κ3) is 2.85. The predicted molar refractivity (Wildman–Crippen MR) is 61.8 cm³/mol. The molecule has 0 saturated heterocycles. The van der Waals surface area contributed by atoms with Gasteiger partial charge in [-0.15, -0.1) is 0 Å². The molecule has 0 saturated carbocycles. The molecule has 1 N–H and O–H groups in total. The largest absolute Gasteiger partial charge is 0.495 e. The Morgan fingerprint density at radius 1 is 1.12 bits per heavy atom. The van der Waals surface area contributed by atoms with E-state index >= 15 is 0 Å². The van der Waals surface area contributed by atoms with Gasteiger partial charge in [0, 0.05) is 6.07 Å². The predicted octanol–water partition coefficient (Wildman–Crippen LogP) is 2.02. The summed E-state index contributed by atoms with van der Waals surface area (Å²) in [7, 11) is 1.57. The van der Waals surface area contributed by atoms with Gasteiger partial charge in [-0.2, -0.15) is 0 Å². The van der Waals surface area contributed by atoms with E-state index in [0.29, 0.717) is 11.5 Å². The van der Waals surface area contributed by atoms with Crippen LogP contribution in [-0.2, 0) is 0 Å². The summed E-state index contributed by atoms with van der Waals surface area (Å²) >= 11 is 0. The zero-order valence-electron chi connectivity index (χ0n) is 10.4. The van der Waals surface area contributed by atoms with E-state index in [1.165, 1.54) is 0 Å². The number of nitrogens with zero attached hydrogens (tertiary/aromatic N) is 1. The summed E-state index contributed by atoms with van der Waals surface area (Å²) < 4.78 is 10.8. The molecule has 0 unspecified atom stereocenters. The van der Waals surface area contributed by atoms with Gasteiger partial charge >= 0.3 is 0 Å². The van der Waals surface area contributed by atoms with Crippen LogP contribution in [0.15, 0.2) is 18.5 Å². The second-order valence-corrected chi connectivity index (χ2v) is 4.73. The van der Waals surface area contributed by atoms with Gasteiger partial charge in [-0.1, -0.05) is 0 Å². The quantitative estimate of drug-likeness (QED) is 0.851. The smallest absolute Gasteiger partial charge is 0.142 e. The van der Waals surface area contributed by atoms with Crippen LogP contribution < -0.4 is 9.47 Å². The van der Waals surface area contributed by atoms with E-state index < -0.39 is 11.2 Å². The number of hydrogen-bond donors (Lipinski definition) is 1. The maximum absolute atomic E-state index is 9.96. The fourth-order valence-corrected chi connectivity index (χ4v) is 0.986. The normalized spacial score (nSPS) is 12.4. The SMILES string of the molecule is COc1cncc(OC(C)(C)C(C)(C)O)c1. The molecule has 0 aliphatic rings. The minimum atomic E-state index is -0.948. The third-order valence-electron chi connectivity index (χ3n) is 2.77. The van der Waals surface area contributed by atoms with Gasteiger partial charge in [0.05, 0.1) is 25.1 Å². The van der Waals surface area contributed by atoms with Crippen LogP contribution in [0.4, 0.5) is 0 Å². The van der Waals surface area contributed by atoms with Crippen molar-refractivity contribution < 1.29 is 14.6 Å². The van der Waals surface area contributed by atoms with Gasteiger partial charge in [-0.3, -0.25) is 4.98 Å². The van der Waals surface area contributed by atoms with Gasteiger partial charge in [-0.05, 0) is 27.7 Å². The lowest BCUT2D eigenvalue weighted by Crippen LogP contribution is -2.49. The maximum atomic E-state index is 9.96. The molecule has 1 aromatic heterocycles. The second-order valence-electron chi connectivity index (χ2n) is 4.73. The Labute approximate surface area is 96.2 Å². The zero-order chi connectivity index (χ0) is 12.4. The van der Waals surface area contributed by atoms with Crippen molar-refractivity contribution in [1.29, 1.82) is 0 Å². The van der Waals surface area contributed by atoms with Crippen LogP contribution >= 0.6 is 0 Å². The van der Waals surface area contributed by atoms with Gasteiger partial charge in [0.2, 0.25) is 0 Å². The van der Waals surface area contributed by atoms with E-state index in [2.05, 4.69) is 4.98 Å². The first-order chi connectivity index (χ1) is 7.26. The Hall–Kier alpha value is -1.29. The van der Waals surface area contributed by atoms with Crippen LogP contribution in [0.25, 0.3) is 0 Å². The van der Waals surface area contributed by atoms with E-state index in [9.17, 15) is 5.11 Å². The minimum Gasteiger partial charge on any atom is -0.495 e. The summed E-state index contributed by atoms with van der Waals surface area (Å²) in [6, 6.07) is 1.74. The van der Waals surface area contributed by atoms with Crippen molar-refractivity contribution in [3.8, 4) is 11.5 Å². The molecule has 4 heteroatoms. The number of pyridine rings is 1. The molecule has 1 rings (SSSR count). The van der Waals surface area contributed by atoms with Crippen molar-refractivity contribution in [2.75, 3.05) is 7.11 Å². The number of ether oxygens (including phenoxy) is 2. The zero-order valence-corrected chi connectivity index (χ0v) is 10.4. The summed E-state index contributed by atoms with van der Waals surface area (Å²) in [5.74, 6) is 1.20. The van der Waals surface area contributed by atoms with Crippen molar-refractivity contribution in [2.45, 2.75) is 38.9 Å². The summed E-state index contributed by atoms with van der Waals surface area (Å²) in [6.07, 6.45) is 3.19. The van der Waals surface area contributed by atoms with Crippen LogP contribution in [0.1, 0.15) is 27.7 Å². The van der Waals surface area contributed by atoms with Crippen LogP contribution in [-0.4, -0.2) is 28.4 Å². The average Bonchev–Trinajstić information content (AvgIpc) is 2.15. The standard InChI is InChI=1S/C12H19NO3/c1-11(2,14)12(3,4)16-10-6-9(15-5)7-13-8-10/h6-8,14H,1-5H3. The lowest BCUT2D eigenvalue weighted by atomic mass is 9.89. The fourth-order valence-electron chi connectivity index (χ4n) is 0.986. The van der Waals surface area contributed by atoms with E-state index in [-0.39, 0.29) is 0 Å². The number of aliphatic hydroxyl groups is 1. The molecule has 0 aromatic carbocycles. The molecule has 0 aliphatic carbocycles. The molecule has 16 heavy (non-hydrogen) atoms. The van der Waals surface area contributed by atoms with Gasteiger partial charge in [0.25, 0.3) is 0 Å². The Bertz CT molecular complexity index is 356. The highest BCUT2D eigenvalue weighted by molar-refractivity contribution is 5.28. The summed E-state index contributed by atoms with van der Waals surface area (Å²) in [5.41, 5.74) is -1.66. The highest BCUT2D eigenvalue weighted by Crippen LogP contribution is 2.28. The maximum Gasteiger partial charge on any atom is 0.142 e. The summed E-state index contributed by atoms with van der Waals surface area (Å²) in [6.45, 7) is 7.07. The number of aromatic nitrogens is 1. The van der Waals surface area contributed by atoms with Crippen LogP contribution in [0.2, 0.25) is 0 Å². The van der Waals surface area contributed by atoms with Crippen LogP contribution in [0.3, 0.4) is 0 Å². The summed E-state index contributed by atoms with van der Waals surface area (Å²) in [5, 5.41) is 9.96. The minimum absolute atomic E-state index is 0.575. The first kappa shape index (κ1) is 12.8. The van der Waals surface area contributed by atoms with E-state index in [1.807, 2.05) is 13.8 Å². The monoisotopic (exact) mass is 225 g/mol. The van der Waals surface area contributed by atoms with Gasteiger partial charge in [0.15, 0.2) is 0 Å². The van der Waals surface area contributed by atoms with Gasteiger partial charge < -0.3 is 14.6 Å². The number of methoxy groups -OCH3 is 1. The lowest BCUT2D eigenvalue weighted by molar-refractivity contribution is -0.0908. The molecule has 0 fully saturated rings. The van der Waals surface area contributed by atoms with E-state index in [1.54, 1.807) is 39.4 Å². The Morgan fingerprint density at radius 3 is 2.19 bits per heavy atom. The lowest BCUT2D eigenvalue weighted by Gasteiger charge is -2.37. The molecule has 4 nitrogen and oxygen atoms in total. The molecule has 0 radical (unpaired) electrons. The van der Waals surface area contributed by atoms with Gasteiger partial charge in [0.1, 0.15) is 17.1 Å². The van der Waals surface area contributed by atoms with Crippen molar-refractivity contribution >= 4 is 0 Å². The Balaban J connectivity index is 2.88. The molecular formula is C12H19NO3. The van der Waals surface area contributed by atoms with Crippen molar-refractivity contribution in [3.63, 3.8) is 0 Å². The molecular weight excluding hydrogens is 206 g/mol. The molecule has 90 valence electrons. The average molecular weight is 225 g/mol. The van der Waals surface area contributed by atoms with Crippen molar-refractivity contribution in [2.24, 2.45) is 0 Å². The van der Waals surface area contributed by atoms with E-state index in [0.717, 1.165) is 0 Å². The highest BCUT2D eigenvalue weighted by atomic mass is 16.5. The number of hydrogen-bond acceptors (Lipinski definition) is 4. The van der Waals surface area contributed by atoms with E-state index in [4.69, 9.17) is 9.47 Å². The molecule has 1 aromatic rings. The van der Waals surface area contributed by atoms with Crippen LogP contribution in [0, 0.1) is 0 Å². The Morgan fingerprint density at radius 2 is 1.69 bits per heavy atom. The van der Waals surface area contributed by atoms with Crippen molar-refractivity contribution in [3.05, 3.63) is 18.5 Å². The first-order valence-electron chi connectivity index (χ1n) is 5.17. The topological polar surface area (TPSA) is 51.6 Å². The molecule has 0 atom stereocenters. The van der Waals surface area contributed by atoms with Gasteiger partial charge in [-0.25, -0.2) is 0 Å². The molecule has 0 spiro atoms. The molecule has 0 amide bonds. The highest BCUT2D eigenvalue weighted by Gasteiger charge is 2.37. The van der Waals surface area contributed by atoms with Crippen LogP contribution in [0.5, 0.6) is 11.5 Å². The summed E-state index contributed by atoms with van der Waals surface area (Å²) in [4.78, 5) is 3.99. The molecule has 0 aliphatic heterocycles.